The van der Waals surface area contributed by atoms with Crippen molar-refractivity contribution in [3.8, 4) is 11.1 Å². The number of carbonyl (C=O) groups is 1. The Kier molecular flexibility index (Phi) is 8.70. The second kappa shape index (κ2) is 11.9. The van der Waals surface area contributed by atoms with Crippen LogP contribution < -0.4 is 0 Å². The van der Waals surface area contributed by atoms with Crippen LogP contribution in [0.2, 0.25) is 5.02 Å². The number of aldehydes is 1. The van der Waals surface area contributed by atoms with Gasteiger partial charge in [0.1, 0.15) is 0 Å². The van der Waals surface area contributed by atoms with Crippen molar-refractivity contribution in [1.82, 2.24) is 9.80 Å². The second-order valence-electron chi connectivity index (χ2n) is 9.79. The van der Waals surface area contributed by atoms with Gasteiger partial charge in [0.15, 0.2) is 12.5 Å². The molecular weight excluding hydrogens is 470 g/mol. The molecule has 0 spiro atoms. The Morgan fingerprint density at radius 3 is 2.53 bits per heavy atom. The van der Waals surface area contributed by atoms with E-state index in [0.717, 1.165) is 40.5 Å². The summed E-state index contributed by atoms with van der Waals surface area (Å²) < 4.78 is 6.05. The topological polar surface area (TPSA) is 56.6 Å². The predicted molar refractivity (Wildman–Crippen MR) is 147 cm³/mol. The van der Waals surface area contributed by atoms with Crippen LogP contribution in [0.4, 0.5) is 0 Å². The fourth-order valence-corrected chi connectivity index (χ4v) is 4.74. The van der Waals surface area contributed by atoms with Gasteiger partial charge in [-0.3, -0.25) is 9.69 Å². The van der Waals surface area contributed by atoms with Gasteiger partial charge in [-0.15, -0.1) is 0 Å². The first-order chi connectivity index (χ1) is 17.3. The van der Waals surface area contributed by atoms with Gasteiger partial charge in [0.05, 0.1) is 6.10 Å². The van der Waals surface area contributed by atoms with E-state index in [1.165, 1.54) is 0 Å². The summed E-state index contributed by atoms with van der Waals surface area (Å²) >= 11 is 6.04. The third kappa shape index (κ3) is 6.48. The van der Waals surface area contributed by atoms with E-state index in [4.69, 9.17) is 21.7 Å². The Hall–Kier alpha value is -2.83. The van der Waals surface area contributed by atoms with Crippen molar-refractivity contribution in [2.75, 3.05) is 20.6 Å². The molecule has 1 heterocycles. The van der Waals surface area contributed by atoms with Crippen LogP contribution in [0.3, 0.4) is 0 Å². The number of nitrogens with one attached hydrogen (secondary N) is 1. The van der Waals surface area contributed by atoms with Crippen molar-refractivity contribution in [3.63, 3.8) is 0 Å². The zero-order chi connectivity index (χ0) is 25.7. The summed E-state index contributed by atoms with van der Waals surface area (Å²) in [4.78, 5) is 16.0. The number of benzene rings is 3. The molecule has 188 valence electrons. The highest BCUT2D eigenvalue weighted by Gasteiger charge is 2.33. The summed E-state index contributed by atoms with van der Waals surface area (Å²) in [5, 5.41) is 9.37. The predicted octanol–water partition coefficient (Wildman–Crippen LogP) is 6.01. The number of rotatable bonds is 10. The summed E-state index contributed by atoms with van der Waals surface area (Å²) in [5.41, 5.74) is 6.24. The summed E-state index contributed by atoms with van der Waals surface area (Å²) in [7, 11) is 4.10. The van der Waals surface area contributed by atoms with E-state index >= 15 is 0 Å². The second-order valence-corrected chi connectivity index (χ2v) is 10.2. The van der Waals surface area contributed by atoms with Gasteiger partial charge >= 0.3 is 0 Å². The first-order valence-corrected chi connectivity index (χ1v) is 12.7. The average Bonchev–Trinajstić information content (AvgIpc) is 3.27. The monoisotopic (exact) mass is 503 g/mol. The quantitative estimate of drug-likeness (QED) is 0.272. The maximum absolute atomic E-state index is 11.8. The third-order valence-electron chi connectivity index (χ3n) is 6.89. The molecule has 3 aromatic rings. The van der Waals surface area contributed by atoms with Crippen LogP contribution in [-0.4, -0.2) is 54.7 Å². The maximum atomic E-state index is 11.8. The van der Waals surface area contributed by atoms with E-state index < -0.39 is 6.23 Å². The normalized spacial score (nSPS) is 18.9. The van der Waals surface area contributed by atoms with Crippen molar-refractivity contribution in [2.24, 2.45) is 0 Å². The number of hydrogen-bond acceptors (Lipinski definition) is 5. The number of nitrogens with zero attached hydrogens (tertiary/aromatic N) is 2. The van der Waals surface area contributed by atoms with E-state index in [9.17, 15) is 4.79 Å². The molecule has 1 saturated heterocycles. The van der Waals surface area contributed by atoms with Gasteiger partial charge in [-0.05, 0) is 61.0 Å². The van der Waals surface area contributed by atoms with Crippen molar-refractivity contribution < 1.29 is 9.53 Å². The van der Waals surface area contributed by atoms with Crippen LogP contribution in [0.15, 0.2) is 72.8 Å². The highest BCUT2D eigenvalue weighted by molar-refractivity contribution is 6.30. The van der Waals surface area contributed by atoms with Gasteiger partial charge in [0.25, 0.3) is 0 Å². The Bertz CT molecular complexity index is 1180. The molecule has 0 saturated carbocycles. The molecule has 6 heteroatoms. The summed E-state index contributed by atoms with van der Waals surface area (Å²) in [6, 6.07) is 24.7. The molecule has 5 nitrogen and oxygen atoms in total. The molecule has 36 heavy (non-hydrogen) atoms. The molecule has 1 aliphatic heterocycles. The lowest BCUT2D eigenvalue weighted by molar-refractivity contribution is -0.123. The van der Waals surface area contributed by atoms with Gasteiger partial charge in [-0.2, -0.15) is 0 Å². The van der Waals surface area contributed by atoms with Crippen LogP contribution in [0.25, 0.3) is 11.1 Å². The van der Waals surface area contributed by atoms with Crippen LogP contribution in [0.5, 0.6) is 0 Å². The largest absolute Gasteiger partial charge is 0.347 e. The van der Waals surface area contributed by atoms with E-state index in [0.29, 0.717) is 36.3 Å². The van der Waals surface area contributed by atoms with Crippen molar-refractivity contribution in [3.05, 3.63) is 94.5 Å². The molecule has 3 atom stereocenters. The lowest BCUT2D eigenvalue weighted by Crippen LogP contribution is -2.30. The van der Waals surface area contributed by atoms with Gasteiger partial charge < -0.3 is 15.0 Å². The molecule has 0 aliphatic carbocycles. The van der Waals surface area contributed by atoms with Crippen molar-refractivity contribution >= 4 is 23.6 Å². The third-order valence-corrected chi connectivity index (χ3v) is 7.14. The van der Waals surface area contributed by atoms with Crippen LogP contribution in [0.1, 0.15) is 36.1 Å². The maximum Gasteiger partial charge on any atom is 0.168 e. The molecule has 0 aromatic heterocycles. The fraction of sp³-hybridized carbons (Fsp3) is 0.333. The summed E-state index contributed by atoms with van der Waals surface area (Å²) in [6.45, 7) is 3.36. The van der Waals surface area contributed by atoms with Gasteiger partial charge in [-0.1, -0.05) is 72.3 Å². The zero-order valence-corrected chi connectivity index (χ0v) is 21.9. The molecule has 4 rings (SSSR count). The SMILES string of the molecule is C[C@@H](CC(=N)Cc1cc(CN2C[C@@H](c3ccc(Cl)cc3)OC2C=O)ccc1-c1ccccc1)N(C)C. The van der Waals surface area contributed by atoms with E-state index in [1.807, 2.05) is 56.6 Å². The standard InChI is InChI=1S/C30H34ClN3O2/c1-21(33(2)3)15-27(32)17-25-16-22(9-14-28(25)23-7-5-4-6-8-23)18-34-19-29(36-30(34)20-35)24-10-12-26(31)13-11-24/h4-14,16,20-21,29-30,32H,15,17-19H2,1-3H3/t21-,29-,30?/m0/s1. The van der Waals surface area contributed by atoms with E-state index in [1.54, 1.807) is 0 Å². The first kappa shape index (κ1) is 26.2. The number of hydrogen-bond donors (Lipinski definition) is 1. The van der Waals surface area contributed by atoms with E-state index in [-0.39, 0.29) is 6.10 Å². The number of ether oxygens (including phenoxy) is 1. The zero-order valence-electron chi connectivity index (χ0n) is 21.2. The van der Waals surface area contributed by atoms with E-state index in [2.05, 4.69) is 47.1 Å². The lowest BCUT2D eigenvalue weighted by Gasteiger charge is -2.22. The number of carbonyl (C=O) groups excluding carboxylic acids is 1. The Labute approximate surface area is 219 Å². The Morgan fingerprint density at radius 1 is 1.14 bits per heavy atom. The van der Waals surface area contributed by atoms with Gasteiger partial charge in [0.2, 0.25) is 0 Å². The minimum absolute atomic E-state index is 0.179. The van der Waals surface area contributed by atoms with Crippen molar-refractivity contribution in [1.29, 1.82) is 5.41 Å². The molecule has 0 bridgehead atoms. The number of halogens is 1. The fourth-order valence-electron chi connectivity index (χ4n) is 4.62. The van der Waals surface area contributed by atoms with Gasteiger partial charge in [-0.25, -0.2) is 0 Å². The minimum atomic E-state index is -0.595. The molecule has 1 unspecified atom stereocenters. The van der Waals surface area contributed by atoms with Crippen molar-refractivity contribution in [2.45, 2.75) is 44.7 Å². The van der Waals surface area contributed by atoms with Crippen LogP contribution >= 0.6 is 11.6 Å². The lowest BCUT2D eigenvalue weighted by atomic mass is 9.92. The summed E-state index contributed by atoms with van der Waals surface area (Å²) in [5.74, 6) is 0. The highest BCUT2D eigenvalue weighted by atomic mass is 35.5. The molecule has 1 aliphatic rings. The molecule has 1 N–H and O–H groups in total. The highest BCUT2D eigenvalue weighted by Crippen LogP contribution is 2.31. The summed E-state index contributed by atoms with van der Waals surface area (Å²) in [6.07, 6.45) is 1.41. The van der Waals surface area contributed by atoms with Crippen LogP contribution in [0, 0.1) is 5.41 Å². The Balaban J connectivity index is 1.56. The first-order valence-electron chi connectivity index (χ1n) is 12.3. The molecule has 0 amide bonds. The molecule has 1 fully saturated rings. The molecule has 3 aromatic carbocycles. The van der Waals surface area contributed by atoms with Crippen LogP contribution in [-0.2, 0) is 22.5 Å². The minimum Gasteiger partial charge on any atom is -0.347 e. The Morgan fingerprint density at radius 2 is 1.86 bits per heavy atom. The molecular formula is C30H34ClN3O2. The molecule has 0 radical (unpaired) electrons. The van der Waals surface area contributed by atoms with Gasteiger partial charge in [0, 0.05) is 42.7 Å². The average molecular weight is 504 g/mol. The smallest absolute Gasteiger partial charge is 0.168 e.